The zero-order chi connectivity index (χ0) is 27.2. The van der Waals surface area contributed by atoms with Gasteiger partial charge in [0.05, 0.1) is 24.0 Å². The molecule has 2 amide bonds. The highest BCUT2D eigenvalue weighted by Crippen LogP contribution is 2.32. The summed E-state index contributed by atoms with van der Waals surface area (Å²) in [7, 11) is 0. The molecule has 0 saturated carbocycles. The number of amides is 2. The average molecular weight is 549 g/mol. The van der Waals surface area contributed by atoms with E-state index in [1.807, 2.05) is 0 Å². The standard InChI is InChI=1S/C25H27ClF2N6O4/c26-21-16(29)11-15(27)20(22(21)28)24(36)34-17-4-2-1-3-7-30-18-10-13(32-25(37)38-9-8-35)5-6-14(18)19-12-31-23(17)33-19/h5-6,10-12,17,30,35H,1-4,7-9,29H2,(H,31,33)(H,32,37)(H,34,36)/t17-/m0/s1. The largest absolute Gasteiger partial charge is 0.447 e. The number of aromatic nitrogens is 2. The molecule has 0 radical (unpaired) electrons. The molecule has 1 atom stereocenters. The minimum atomic E-state index is -1.22. The number of nitrogens with zero attached hydrogens (tertiary/aromatic N) is 1. The van der Waals surface area contributed by atoms with E-state index in [0.717, 1.165) is 24.5 Å². The van der Waals surface area contributed by atoms with Crippen molar-refractivity contribution in [3.63, 3.8) is 0 Å². The molecule has 1 aliphatic heterocycles. The third-order valence-corrected chi connectivity index (χ3v) is 6.38. The Morgan fingerprint density at radius 3 is 2.84 bits per heavy atom. The number of anilines is 3. The first-order chi connectivity index (χ1) is 18.3. The lowest BCUT2D eigenvalue weighted by atomic mass is 10.0. The number of aliphatic hydroxyl groups is 1. The first-order valence-corrected chi connectivity index (χ1v) is 12.4. The second kappa shape index (κ2) is 12.1. The van der Waals surface area contributed by atoms with Crippen molar-refractivity contribution in [2.45, 2.75) is 31.7 Å². The molecule has 1 aromatic heterocycles. The number of carbonyl (C=O) groups is 2. The predicted molar refractivity (Wildman–Crippen MR) is 139 cm³/mol. The Morgan fingerprint density at radius 2 is 2.05 bits per heavy atom. The molecule has 4 rings (SSSR count). The monoisotopic (exact) mass is 548 g/mol. The van der Waals surface area contributed by atoms with Crippen LogP contribution in [0.5, 0.6) is 0 Å². The lowest BCUT2D eigenvalue weighted by Gasteiger charge is -2.19. The Labute approximate surface area is 221 Å². The maximum atomic E-state index is 14.6. The molecule has 0 saturated heterocycles. The van der Waals surface area contributed by atoms with Crippen LogP contribution in [0, 0.1) is 11.6 Å². The second-order valence-electron chi connectivity index (χ2n) is 8.67. The van der Waals surface area contributed by atoms with Crippen molar-refractivity contribution < 1.29 is 28.2 Å². The highest BCUT2D eigenvalue weighted by Gasteiger charge is 2.26. The fraction of sp³-hybridized carbons (Fsp3) is 0.320. The summed E-state index contributed by atoms with van der Waals surface area (Å²) in [6.45, 7) is 0.243. The van der Waals surface area contributed by atoms with E-state index in [4.69, 9.17) is 27.2 Å². The van der Waals surface area contributed by atoms with Crippen molar-refractivity contribution in [2.75, 3.05) is 36.1 Å². The van der Waals surface area contributed by atoms with Crippen molar-refractivity contribution in [3.05, 3.63) is 58.5 Å². The van der Waals surface area contributed by atoms with Gasteiger partial charge in [0.2, 0.25) is 0 Å². The summed E-state index contributed by atoms with van der Waals surface area (Å²) in [4.78, 5) is 32.5. The lowest BCUT2D eigenvalue weighted by molar-refractivity contribution is 0.0923. The van der Waals surface area contributed by atoms with Crippen LogP contribution in [0.4, 0.5) is 30.6 Å². The number of halogens is 3. The molecular formula is C25H27ClF2N6O4. The average Bonchev–Trinajstić information content (AvgIpc) is 3.37. The summed E-state index contributed by atoms with van der Waals surface area (Å²) < 4.78 is 33.9. The van der Waals surface area contributed by atoms with Crippen LogP contribution in [-0.4, -0.2) is 46.8 Å². The summed E-state index contributed by atoms with van der Waals surface area (Å²) in [5.74, 6) is -2.89. The summed E-state index contributed by atoms with van der Waals surface area (Å²) in [5, 5.41) is 16.9. The van der Waals surface area contributed by atoms with Crippen molar-refractivity contribution in [1.82, 2.24) is 15.3 Å². The van der Waals surface area contributed by atoms with E-state index in [1.54, 1.807) is 24.4 Å². The van der Waals surface area contributed by atoms with Crippen molar-refractivity contribution in [1.29, 1.82) is 0 Å². The number of ether oxygens (including phenoxy) is 1. The Morgan fingerprint density at radius 1 is 1.24 bits per heavy atom. The smallest absolute Gasteiger partial charge is 0.411 e. The number of hydrogen-bond donors (Lipinski definition) is 6. The molecule has 202 valence electrons. The first kappa shape index (κ1) is 27.1. The van der Waals surface area contributed by atoms with E-state index in [1.165, 1.54) is 0 Å². The zero-order valence-electron chi connectivity index (χ0n) is 20.2. The third-order valence-electron chi connectivity index (χ3n) is 6.00. The van der Waals surface area contributed by atoms with Crippen LogP contribution in [0.3, 0.4) is 0 Å². The minimum Gasteiger partial charge on any atom is -0.447 e. The van der Waals surface area contributed by atoms with Gasteiger partial charge in [0.1, 0.15) is 28.8 Å². The highest BCUT2D eigenvalue weighted by molar-refractivity contribution is 6.33. The number of rotatable bonds is 5. The molecule has 0 aliphatic carbocycles. The van der Waals surface area contributed by atoms with Crippen LogP contribution in [0.2, 0.25) is 5.02 Å². The van der Waals surface area contributed by atoms with E-state index >= 15 is 0 Å². The summed E-state index contributed by atoms with van der Waals surface area (Å²) in [5.41, 5.74) is 6.87. The zero-order valence-corrected chi connectivity index (χ0v) is 21.0. The fourth-order valence-electron chi connectivity index (χ4n) is 4.14. The van der Waals surface area contributed by atoms with Gasteiger partial charge < -0.3 is 31.2 Å². The Balaban J connectivity index is 1.60. The van der Waals surface area contributed by atoms with Crippen molar-refractivity contribution in [3.8, 4) is 11.3 Å². The van der Waals surface area contributed by atoms with Gasteiger partial charge in [-0.25, -0.2) is 18.6 Å². The van der Waals surface area contributed by atoms with Gasteiger partial charge in [0.15, 0.2) is 5.82 Å². The van der Waals surface area contributed by atoms with Crippen LogP contribution in [0.15, 0.2) is 30.5 Å². The molecule has 2 aromatic carbocycles. The third kappa shape index (κ3) is 6.14. The van der Waals surface area contributed by atoms with Gasteiger partial charge >= 0.3 is 6.09 Å². The number of nitrogen functional groups attached to an aromatic ring is 1. The number of benzene rings is 2. The number of nitrogens with one attached hydrogen (secondary N) is 4. The molecule has 2 bridgehead atoms. The number of nitrogens with two attached hydrogens (primary N) is 1. The van der Waals surface area contributed by atoms with Crippen molar-refractivity contribution >= 4 is 40.7 Å². The van der Waals surface area contributed by atoms with E-state index < -0.39 is 40.3 Å². The van der Waals surface area contributed by atoms with E-state index in [0.29, 0.717) is 42.3 Å². The number of hydrogen-bond acceptors (Lipinski definition) is 7. The predicted octanol–water partition coefficient (Wildman–Crippen LogP) is 4.59. The quantitative estimate of drug-likeness (QED) is 0.201. The van der Waals surface area contributed by atoms with Gasteiger partial charge in [-0.2, -0.15) is 0 Å². The second-order valence-corrected chi connectivity index (χ2v) is 9.05. The Kier molecular flexibility index (Phi) is 8.64. The van der Waals surface area contributed by atoms with Crippen LogP contribution < -0.4 is 21.7 Å². The number of carbonyl (C=O) groups excluding carboxylic acids is 2. The van der Waals surface area contributed by atoms with Crippen LogP contribution in [0.1, 0.15) is 47.9 Å². The molecule has 0 fully saturated rings. The van der Waals surface area contributed by atoms with Gasteiger partial charge in [-0.05, 0) is 37.1 Å². The van der Waals surface area contributed by atoms with Crippen LogP contribution in [0.25, 0.3) is 11.3 Å². The fourth-order valence-corrected chi connectivity index (χ4v) is 4.29. The molecule has 10 nitrogen and oxygen atoms in total. The van der Waals surface area contributed by atoms with Gasteiger partial charge in [-0.3, -0.25) is 10.1 Å². The van der Waals surface area contributed by atoms with E-state index in [2.05, 4.69) is 25.9 Å². The number of imidazole rings is 1. The molecule has 2 heterocycles. The van der Waals surface area contributed by atoms with Crippen LogP contribution in [-0.2, 0) is 4.74 Å². The molecule has 3 aromatic rings. The van der Waals surface area contributed by atoms with Crippen LogP contribution >= 0.6 is 11.6 Å². The molecule has 1 aliphatic rings. The summed E-state index contributed by atoms with van der Waals surface area (Å²) >= 11 is 5.80. The van der Waals surface area contributed by atoms with E-state index in [9.17, 15) is 18.4 Å². The molecule has 0 spiro atoms. The molecular weight excluding hydrogens is 522 g/mol. The first-order valence-electron chi connectivity index (χ1n) is 12.0. The molecule has 13 heteroatoms. The van der Waals surface area contributed by atoms with Gasteiger partial charge in [0.25, 0.3) is 5.91 Å². The molecule has 38 heavy (non-hydrogen) atoms. The Bertz CT molecular complexity index is 1340. The van der Waals surface area contributed by atoms with Crippen molar-refractivity contribution in [2.24, 2.45) is 0 Å². The van der Waals surface area contributed by atoms with Gasteiger partial charge in [0, 0.05) is 29.7 Å². The molecule has 7 N–H and O–H groups in total. The normalized spacial score (nSPS) is 15.3. The summed E-state index contributed by atoms with van der Waals surface area (Å²) in [6, 6.07) is 5.35. The minimum absolute atomic E-state index is 0.118. The van der Waals surface area contributed by atoms with E-state index in [-0.39, 0.29) is 18.9 Å². The molecule has 0 unspecified atom stereocenters. The number of fused-ring (bicyclic) bond motifs is 4. The maximum absolute atomic E-state index is 14.6. The number of aromatic amines is 1. The number of aliphatic hydroxyl groups excluding tert-OH is 1. The number of H-pyrrole nitrogens is 1. The maximum Gasteiger partial charge on any atom is 0.411 e. The lowest BCUT2D eigenvalue weighted by Crippen LogP contribution is -2.31. The summed E-state index contributed by atoms with van der Waals surface area (Å²) in [6.07, 6.45) is 3.79. The highest BCUT2D eigenvalue weighted by atomic mass is 35.5. The van der Waals surface area contributed by atoms with Gasteiger partial charge in [-0.15, -0.1) is 0 Å². The Hall–Kier alpha value is -3.90. The SMILES string of the molecule is Nc1cc(F)c(C(=O)N[C@H]2CCCCCNc3cc(NC(=O)OCCO)ccc3-c3c[nH]c2n3)c(F)c1Cl. The van der Waals surface area contributed by atoms with Gasteiger partial charge in [-0.1, -0.05) is 24.4 Å². The topological polar surface area (TPSA) is 154 Å².